The Kier molecular flexibility index (Phi) is 3.04. The molecule has 0 aromatic heterocycles. The van der Waals surface area contributed by atoms with Crippen LogP contribution >= 0.6 is 0 Å². The Bertz CT molecular complexity index is 394. The van der Waals surface area contributed by atoms with E-state index in [1.807, 2.05) is 18.2 Å². The van der Waals surface area contributed by atoms with Crippen LogP contribution in [0.3, 0.4) is 0 Å². The molecule has 2 fully saturated rings. The lowest BCUT2D eigenvalue weighted by Gasteiger charge is -2.32. The van der Waals surface area contributed by atoms with Gasteiger partial charge >= 0.3 is 0 Å². The van der Waals surface area contributed by atoms with E-state index in [1.54, 1.807) is 0 Å². The number of rotatable bonds is 3. The normalized spacial score (nSPS) is 31.5. The number of para-hydroxylation sites is 1. The van der Waals surface area contributed by atoms with Crippen LogP contribution in [0.15, 0.2) is 24.3 Å². The number of aliphatic hydroxyl groups is 1. The highest BCUT2D eigenvalue weighted by atomic mass is 16.3. The Labute approximate surface area is 102 Å². The van der Waals surface area contributed by atoms with E-state index in [-0.39, 0.29) is 6.61 Å². The van der Waals surface area contributed by atoms with Crippen LogP contribution in [0.5, 0.6) is 0 Å². The zero-order chi connectivity index (χ0) is 11.7. The SMILES string of the molecule is OCc1ccccc1NC1CCN2CCC1C2. The van der Waals surface area contributed by atoms with Gasteiger partial charge in [-0.2, -0.15) is 0 Å². The van der Waals surface area contributed by atoms with Crippen molar-refractivity contribution in [1.82, 2.24) is 4.90 Å². The summed E-state index contributed by atoms with van der Waals surface area (Å²) >= 11 is 0. The number of fused-ring (bicyclic) bond motifs is 2. The predicted octanol–water partition coefficient (Wildman–Crippen LogP) is 1.68. The van der Waals surface area contributed by atoms with Crippen molar-refractivity contribution in [1.29, 1.82) is 0 Å². The molecule has 3 nitrogen and oxygen atoms in total. The van der Waals surface area contributed by atoms with E-state index in [1.165, 1.54) is 32.5 Å². The second kappa shape index (κ2) is 4.67. The fourth-order valence-electron chi connectivity index (χ4n) is 3.14. The van der Waals surface area contributed by atoms with Crippen LogP contribution in [0.25, 0.3) is 0 Å². The predicted molar refractivity (Wildman–Crippen MR) is 68.9 cm³/mol. The lowest BCUT2D eigenvalue weighted by molar-refractivity contribution is 0.254. The van der Waals surface area contributed by atoms with E-state index in [0.717, 1.165) is 17.2 Å². The van der Waals surface area contributed by atoms with E-state index >= 15 is 0 Å². The molecular weight excluding hydrogens is 212 g/mol. The van der Waals surface area contributed by atoms with Gasteiger partial charge in [0.25, 0.3) is 0 Å². The van der Waals surface area contributed by atoms with Gasteiger partial charge in [-0.25, -0.2) is 0 Å². The van der Waals surface area contributed by atoms with Gasteiger partial charge in [-0.05, 0) is 31.4 Å². The molecule has 2 bridgehead atoms. The van der Waals surface area contributed by atoms with Crippen LogP contribution in [0, 0.1) is 5.92 Å². The third kappa shape index (κ3) is 2.17. The van der Waals surface area contributed by atoms with E-state index in [2.05, 4.69) is 16.3 Å². The van der Waals surface area contributed by atoms with Gasteiger partial charge in [-0.15, -0.1) is 0 Å². The molecule has 2 aliphatic rings. The number of hydrogen-bond acceptors (Lipinski definition) is 3. The van der Waals surface area contributed by atoms with Gasteiger partial charge < -0.3 is 15.3 Å². The van der Waals surface area contributed by atoms with Crippen LogP contribution in [-0.2, 0) is 6.61 Å². The van der Waals surface area contributed by atoms with Crippen molar-refractivity contribution >= 4 is 5.69 Å². The van der Waals surface area contributed by atoms with Gasteiger partial charge in [0.05, 0.1) is 6.61 Å². The molecule has 2 aliphatic heterocycles. The maximum absolute atomic E-state index is 9.33. The van der Waals surface area contributed by atoms with Gasteiger partial charge in [0.1, 0.15) is 0 Å². The highest BCUT2D eigenvalue weighted by Crippen LogP contribution is 2.30. The smallest absolute Gasteiger partial charge is 0.0701 e. The summed E-state index contributed by atoms with van der Waals surface area (Å²) in [5.74, 6) is 0.787. The van der Waals surface area contributed by atoms with Crippen LogP contribution in [0.4, 0.5) is 5.69 Å². The summed E-state index contributed by atoms with van der Waals surface area (Å²) in [5, 5.41) is 13.0. The topological polar surface area (TPSA) is 35.5 Å². The average molecular weight is 232 g/mol. The summed E-state index contributed by atoms with van der Waals surface area (Å²) in [6, 6.07) is 8.67. The first kappa shape index (κ1) is 11.1. The minimum Gasteiger partial charge on any atom is -0.392 e. The Morgan fingerprint density at radius 2 is 2.06 bits per heavy atom. The van der Waals surface area contributed by atoms with Crippen molar-refractivity contribution < 1.29 is 5.11 Å². The number of piperidine rings is 1. The Balaban J connectivity index is 1.73. The molecule has 0 aliphatic carbocycles. The second-order valence-corrected chi connectivity index (χ2v) is 5.20. The van der Waals surface area contributed by atoms with Crippen molar-refractivity contribution in [2.45, 2.75) is 25.5 Å². The monoisotopic (exact) mass is 232 g/mol. The molecule has 3 heteroatoms. The van der Waals surface area contributed by atoms with E-state index in [4.69, 9.17) is 0 Å². The Morgan fingerprint density at radius 3 is 2.94 bits per heavy atom. The first-order valence-electron chi connectivity index (χ1n) is 6.54. The average Bonchev–Trinajstić information content (AvgIpc) is 2.76. The Morgan fingerprint density at radius 1 is 1.24 bits per heavy atom. The highest BCUT2D eigenvalue weighted by Gasteiger charge is 2.34. The highest BCUT2D eigenvalue weighted by molar-refractivity contribution is 5.51. The van der Waals surface area contributed by atoms with Crippen molar-refractivity contribution in [3.05, 3.63) is 29.8 Å². The summed E-state index contributed by atoms with van der Waals surface area (Å²) in [7, 11) is 0. The molecule has 3 atom stereocenters. The molecule has 3 rings (SSSR count). The minimum atomic E-state index is 0.118. The second-order valence-electron chi connectivity index (χ2n) is 5.20. The molecule has 0 spiro atoms. The molecular formula is C14H20N2O. The molecule has 2 N–H and O–H groups in total. The zero-order valence-corrected chi connectivity index (χ0v) is 10.1. The minimum absolute atomic E-state index is 0.118. The molecule has 0 radical (unpaired) electrons. The fourth-order valence-corrected chi connectivity index (χ4v) is 3.14. The summed E-state index contributed by atoms with van der Waals surface area (Å²) in [6.45, 7) is 3.85. The molecule has 2 saturated heterocycles. The molecule has 1 aromatic rings. The zero-order valence-electron chi connectivity index (χ0n) is 10.1. The van der Waals surface area contributed by atoms with Crippen molar-refractivity contribution in [3.63, 3.8) is 0 Å². The summed E-state index contributed by atoms with van der Waals surface area (Å²) in [5.41, 5.74) is 2.12. The molecule has 0 saturated carbocycles. The van der Waals surface area contributed by atoms with Crippen molar-refractivity contribution in [2.75, 3.05) is 25.0 Å². The number of nitrogens with zero attached hydrogens (tertiary/aromatic N) is 1. The maximum atomic E-state index is 9.33. The van der Waals surface area contributed by atoms with Crippen LogP contribution in [0.1, 0.15) is 18.4 Å². The largest absolute Gasteiger partial charge is 0.392 e. The summed E-state index contributed by atoms with van der Waals surface area (Å²) in [4.78, 5) is 2.56. The van der Waals surface area contributed by atoms with Gasteiger partial charge in [0.2, 0.25) is 0 Å². The summed E-state index contributed by atoms with van der Waals surface area (Å²) < 4.78 is 0. The van der Waals surface area contributed by atoms with E-state index in [0.29, 0.717) is 6.04 Å². The van der Waals surface area contributed by atoms with E-state index in [9.17, 15) is 5.11 Å². The molecule has 3 unspecified atom stereocenters. The first-order chi connectivity index (χ1) is 8.36. The maximum Gasteiger partial charge on any atom is 0.0701 e. The lowest BCUT2D eigenvalue weighted by atomic mass is 9.93. The van der Waals surface area contributed by atoms with Crippen LogP contribution in [-0.4, -0.2) is 35.7 Å². The fraction of sp³-hybridized carbons (Fsp3) is 0.571. The standard InChI is InChI=1S/C14H20N2O/c17-10-12-3-1-2-4-13(12)15-14-6-8-16-7-5-11(14)9-16/h1-4,11,14-15,17H,5-10H2. The van der Waals surface area contributed by atoms with Gasteiger partial charge in [-0.1, -0.05) is 18.2 Å². The van der Waals surface area contributed by atoms with E-state index < -0.39 is 0 Å². The third-order valence-electron chi connectivity index (χ3n) is 4.16. The van der Waals surface area contributed by atoms with Gasteiger partial charge in [0, 0.05) is 30.4 Å². The van der Waals surface area contributed by atoms with Gasteiger partial charge in [-0.3, -0.25) is 0 Å². The van der Waals surface area contributed by atoms with Gasteiger partial charge in [0.15, 0.2) is 0 Å². The first-order valence-corrected chi connectivity index (χ1v) is 6.54. The summed E-state index contributed by atoms with van der Waals surface area (Å²) in [6.07, 6.45) is 2.55. The molecule has 0 amide bonds. The van der Waals surface area contributed by atoms with Crippen LogP contribution < -0.4 is 5.32 Å². The number of anilines is 1. The molecule has 17 heavy (non-hydrogen) atoms. The number of hydrogen-bond donors (Lipinski definition) is 2. The van der Waals surface area contributed by atoms with Crippen molar-refractivity contribution in [3.8, 4) is 0 Å². The lowest BCUT2D eigenvalue weighted by Crippen LogP contribution is -2.39. The van der Waals surface area contributed by atoms with Crippen molar-refractivity contribution in [2.24, 2.45) is 5.92 Å². The molecule has 2 heterocycles. The van der Waals surface area contributed by atoms with Crippen LogP contribution in [0.2, 0.25) is 0 Å². The number of nitrogens with one attached hydrogen (secondary N) is 1. The molecule has 92 valence electrons. The Hall–Kier alpha value is -1.06. The quantitative estimate of drug-likeness (QED) is 0.832. The third-order valence-corrected chi connectivity index (χ3v) is 4.16. The molecule has 1 aromatic carbocycles. The number of aliphatic hydroxyl groups excluding tert-OH is 1. The number of benzene rings is 1.